The predicted octanol–water partition coefficient (Wildman–Crippen LogP) is 2.88. The van der Waals surface area contributed by atoms with Crippen molar-refractivity contribution in [1.29, 1.82) is 0 Å². The zero-order valence-corrected chi connectivity index (χ0v) is 16.2. The van der Waals surface area contributed by atoms with Crippen LogP contribution >= 0.6 is 11.8 Å². The highest BCUT2D eigenvalue weighted by molar-refractivity contribution is 8.04. The van der Waals surface area contributed by atoms with Gasteiger partial charge in [-0.15, -0.1) is 11.8 Å². The number of aliphatic hydroxyl groups excluding tert-OH is 1. The lowest BCUT2D eigenvalue weighted by atomic mass is 10.1. The van der Waals surface area contributed by atoms with Crippen molar-refractivity contribution in [1.82, 2.24) is 4.90 Å². The van der Waals surface area contributed by atoms with Gasteiger partial charge >= 0.3 is 0 Å². The molecule has 0 radical (unpaired) electrons. The maximum atomic E-state index is 13.1. The van der Waals surface area contributed by atoms with Crippen molar-refractivity contribution in [3.63, 3.8) is 0 Å². The molecule has 0 fully saturated rings. The Morgan fingerprint density at radius 3 is 2.32 bits per heavy atom. The molecule has 1 aliphatic heterocycles. The Morgan fingerprint density at radius 2 is 1.71 bits per heavy atom. The number of hydrogen-bond donors (Lipinski definition) is 1. The van der Waals surface area contributed by atoms with E-state index in [4.69, 9.17) is 9.84 Å². The molecule has 1 aliphatic rings. The zero-order chi connectivity index (χ0) is 20.1. The highest BCUT2D eigenvalue weighted by Gasteiger charge is 2.38. The van der Waals surface area contributed by atoms with Crippen molar-refractivity contribution in [2.24, 2.45) is 0 Å². The monoisotopic (exact) mass is 401 g/mol. The summed E-state index contributed by atoms with van der Waals surface area (Å²) in [4.78, 5) is 27.4. The number of imide groups is 1. The third kappa shape index (κ3) is 4.26. The third-order valence-electron chi connectivity index (χ3n) is 4.38. The number of methoxy groups -OCH3 is 1. The SMILES string of the molecule is COc1ccc(C2=C(SCCO)C(=O)N(CCc3ccc(F)cc3)C2=O)cc1. The Morgan fingerprint density at radius 1 is 1.04 bits per heavy atom. The first kappa shape index (κ1) is 20.1. The number of thioether (sulfide) groups is 1. The van der Waals surface area contributed by atoms with Gasteiger partial charge in [0.1, 0.15) is 11.6 Å². The van der Waals surface area contributed by atoms with Crippen molar-refractivity contribution >= 4 is 29.1 Å². The number of carbonyl (C=O) groups is 2. The van der Waals surface area contributed by atoms with E-state index in [0.717, 1.165) is 5.56 Å². The lowest BCUT2D eigenvalue weighted by Crippen LogP contribution is -2.33. The average molecular weight is 401 g/mol. The number of halogens is 1. The molecule has 0 bridgehead atoms. The number of nitrogens with zero attached hydrogens (tertiary/aromatic N) is 1. The van der Waals surface area contributed by atoms with E-state index in [2.05, 4.69) is 0 Å². The van der Waals surface area contributed by atoms with E-state index < -0.39 is 0 Å². The van der Waals surface area contributed by atoms with Gasteiger partial charge in [-0.1, -0.05) is 24.3 Å². The molecule has 0 spiro atoms. The van der Waals surface area contributed by atoms with Crippen LogP contribution in [-0.2, 0) is 16.0 Å². The van der Waals surface area contributed by atoms with Gasteiger partial charge in [0.15, 0.2) is 0 Å². The Hall–Kier alpha value is -2.64. The first-order valence-electron chi connectivity index (χ1n) is 8.78. The van der Waals surface area contributed by atoms with E-state index >= 15 is 0 Å². The minimum absolute atomic E-state index is 0.0961. The van der Waals surface area contributed by atoms with E-state index in [9.17, 15) is 14.0 Å². The molecule has 0 atom stereocenters. The maximum absolute atomic E-state index is 13.1. The molecular weight excluding hydrogens is 381 g/mol. The highest BCUT2D eigenvalue weighted by atomic mass is 32.2. The molecule has 2 aromatic rings. The van der Waals surface area contributed by atoms with E-state index in [1.807, 2.05) is 0 Å². The van der Waals surface area contributed by atoms with Crippen LogP contribution in [0.3, 0.4) is 0 Å². The summed E-state index contributed by atoms with van der Waals surface area (Å²) >= 11 is 1.17. The summed E-state index contributed by atoms with van der Waals surface area (Å²) < 4.78 is 18.2. The predicted molar refractivity (Wildman–Crippen MR) is 106 cm³/mol. The zero-order valence-electron chi connectivity index (χ0n) is 15.4. The summed E-state index contributed by atoms with van der Waals surface area (Å²) in [7, 11) is 1.55. The molecule has 0 aromatic heterocycles. The minimum atomic E-state index is -0.364. The van der Waals surface area contributed by atoms with Gasteiger partial charge in [0.25, 0.3) is 11.8 Å². The van der Waals surface area contributed by atoms with Crippen LogP contribution in [0.1, 0.15) is 11.1 Å². The molecule has 28 heavy (non-hydrogen) atoms. The second-order valence-corrected chi connectivity index (χ2v) is 7.25. The van der Waals surface area contributed by atoms with Gasteiger partial charge in [-0.25, -0.2) is 4.39 Å². The molecule has 3 rings (SSSR count). The van der Waals surface area contributed by atoms with Gasteiger partial charge in [-0.05, 0) is 41.8 Å². The fraction of sp³-hybridized carbons (Fsp3) is 0.238. The van der Waals surface area contributed by atoms with Crippen molar-refractivity contribution in [3.8, 4) is 5.75 Å². The fourth-order valence-electron chi connectivity index (χ4n) is 2.94. The summed E-state index contributed by atoms with van der Waals surface area (Å²) in [6.07, 6.45) is 0.436. The van der Waals surface area contributed by atoms with Crippen LogP contribution in [-0.4, -0.2) is 47.8 Å². The Balaban J connectivity index is 1.84. The summed E-state index contributed by atoms with van der Waals surface area (Å²) in [5.74, 6) is -0.0871. The summed E-state index contributed by atoms with van der Waals surface area (Å²) in [6, 6.07) is 12.9. The van der Waals surface area contributed by atoms with Gasteiger partial charge in [-0.2, -0.15) is 0 Å². The summed E-state index contributed by atoms with van der Waals surface area (Å²) in [5, 5.41) is 9.14. The third-order valence-corrected chi connectivity index (χ3v) is 5.43. The molecule has 0 aliphatic carbocycles. The van der Waals surface area contributed by atoms with Crippen LogP contribution in [0.4, 0.5) is 4.39 Å². The lowest BCUT2D eigenvalue weighted by molar-refractivity contribution is -0.136. The molecule has 2 amide bonds. The lowest BCUT2D eigenvalue weighted by Gasteiger charge is -2.15. The molecular formula is C21H20FNO4S. The van der Waals surface area contributed by atoms with Gasteiger partial charge in [0.05, 0.1) is 24.2 Å². The number of rotatable bonds is 8. The number of aliphatic hydroxyl groups is 1. The largest absolute Gasteiger partial charge is 0.497 e. The van der Waals surface area contributed by atoms with Crippen LogP contribution in [0.25, 0.3) is 5.57 Å². The molecule has 5 nitrogen and oxygen atoms in total. The van der Waals surface area contributed by atoms with Crippen molar-refractivity contribution in [2.45, 2.75) is 6.42 Å². The van der Waals surface area contributed by atoms with Gasteiger partial charge in [0.2, 0.25) is 0 Å². The number of amides is 2. The van der Waals surface area contributed by atoms with E-state index in [1.165, 1.54) is 28.8 Å². The topological polar surface area (TPSA) is 66.8 Å². The average Bonchev–Trinajstić information content (AvgIpc) is 2.95. The minimum Gasteiger partial charge on any atom is -0.497 e. The first-order valence-corrected chi connectivity index (χ1v) is 9.76. The van der Waals surface area contributed by atoms with E-state index in [0.29, 0.717) is 34.0 Å². The number of hydrogen-bond acceptors (Lipinski definition) is 5. The highest BCUT2D eigenvalue weighted by Crippen LogP contribution is 2.36. The second-order valence-electron chi connectivity index (χ2n) is 6.14. The van der Waals surface area contributed by atoms with Crippen LogP contribution in [0, 0.1) is 5.82 Å². The standard InChI is InChI=1S/C21H20FNO4S/c1-27-17-8-4-15(5-9-17)18-19(28-13-12-24)21(26)23(20(18)25)11-10-14-2-6-16(22)7-3-14/h2-9,24H,10-13H2,1H3. The molecule has 7 heteroatoms. The summed E-state index contributed by atoms with van der Waals surface area (Å²) in [5.41, 5.74) is 1.80. The normalized spacial score (nSPS) is 14.2. The van der Waals surface area contributed by atoms with Crippen LogP contribution in [0.5, 0.6) is 5.75 Å². The molecule has 1 heterocycles. The Kier molecular flexibility index (Phi) is 6.49. The molecule has 1 N–H and O–H groups in total. The van der Waals surface area contributed by atoms with Crippen LogP contribution in [0.2, 0.25) is 0 Å². The smallest absolute Gasteiger partial charge is 0.267 e. The fourth-order valence-corrected chi connectivity index (χ4v) is 3.82. The Bertz CT molecular complexity index is 894. The van der Waals surface area contributed by atoms with E-state index in [1.54, 1.807) is 43.5 Å². The number of carbonyl (C=O) groups excluding carboxylic acids is 2. The molecule has 0 saturated heterocycles. The van der Waals surface area contributed by atoms with Crippen molar-refractivity contribution < 1.29 is 23.8 Å². The first-order chi connectivity index (χ1) is 13.5. The molecule has 0 saturated carbocycles. The second kappa shape index (κ2) is 9.03. The number of benzene rings is 2. The maximum Gasteiger partial charge on any atom is 0.267 e. The van der Waals surface area contributed by atoms with Gasteiger partial charge < -0.3 is 9.84 Å². The Labute approximate surface area is 166 Å². The summed E-state index contributed by atoms with van der Waals surface area (Å²) in [6.45, 7) is 0.104. The van der Waals surface area contributed by atoms with Gasteiger partial charge in [0, 0.05) is 12.3 Å². The quantitative estimate of drug-likeness (QED) is 0.689. The molecule has 2 aromatic carbocycles. The number of ether oxygens (including phenoxy) is 1. The molecule has 146 valence electrons. The van der Waals surface area contributed by atoms with Gasteiger partial charge in [-0.3, -0.25) is 14.5 Å². The van der Waals surface area contributed by atoms with Crippen molar-refractivity contribution in [2.75, 3.05) is 26.0 Å². The van der Waals surface area contributed by atoms with Crippen molar-refractivity contribution in [3.05, 3.63) is 70.4 Å². The molecule has 0 unspecified atom stereocenters. The van der Waals surface area contributed by atoms with Crippen LogP contribution < -0.4 is 4.74 Å². The van der Waals surface area contributed by atoms with Crippen LogP contribution in [0.15, 0.2) is 53.4 Å². The van der Waals surface area contributed by atoms with E-state index in [-0.39, 0.29) is 30.8 Å².